The monoisotopic (exact) mass is 370 g/mol. The van der Waals surface area contributed by atoms with E-state index in [4.69, 9.17) is 0 Å². The highest BCUT2D eigenvalue weighted by Crippen LogP contribution is 2.44. The van der Waals surface area contributed by atoms with Gasteiger partial charge in [0.2, 0.25) is 0 Å². The van der Waals surface area contributed by atoms with Crippen LogP contribution < -0.4 is 0 Å². The lowest BCUT2D eigenvalue weighted by molar-refractivity contribution is 0.266. The maximum atomic E-state index is 2.58. The Kier molecular flexibility index (Phi) is 10.5. The largest absolute Gasteiger partial charge is 0.0654 e. The zero-order valence-electron chi connectivity index (χ0n) is 18.8. The van der Waals surface area contributed by atoms with Crippen LogP contribution >= 0.6 is 0 Å². The fraction of sp³-hybridized carbons (Fsp3) is 0.778. The highest BCUT2D eigenvalue weighted by Gasteiger charge is 2.33. The quantitative estimate of drug-likeness (QED) is 0.304. The van der Waals surface area contributed by atoms with Crippen LogP contribution in [0.15, 0.2) is 18.2 Å². The Balaban J connectivity index is 1.90. The SMILES string of the molecule is CCCCCCCCCc1ccc(C2(CCCCC)CCCCC2)cc1C. The molecule has 1 saturated carbocycles. The van der Waals surface area contributed by atoms with E-state index >= 15 is 0 Å². The maximum absolute atomic E-state index is 2.58. The number of benzene rings is 1. The molecular weight excluding hydrogens is 324 g/mol. The third-order valence-electron chi connectivity index (χ3n) is 7.07. The van der Waals surface area contributed by atoms with Crippen LogP contribution in [0.2, 0.25) is 0 Å². The third kappa shape index (κ3) is 7.28. The Hall–Kier alpha value is -0.780. The minimum Gasteiger partial charge on any atom is -0.0654 e. The van der Waals surface area contributed by atoms with Gasteiger partial charge < -0.3 is 0 Å². The van der Waals surface area contributed by atoms with Crippen LogP contribution in [0.25, 0.3) is 0 Å². The van der Waals surface area contributed by atoms with Gasteiger partial charge in [0.15, 0.2) is 0 Å². The molecule has 0 N–H and O–H groups in total. The van der Waals surface area contributed by atoms with Gasteiger partial charge in [-0.3, -0.25) is 0 Å². The molecule has 1 aliphatic rings. The highest BCUT2D eigenvalue weighted by atomic mass is 14.4. The summed E-state index contributed by atoms with van der Waals surface area (Å²) in [6, 6.07) is 7.58. The first kappa shape index (κ1) is 22.5. The number of aryl methyl sites for hydroxylation is 2. The van der Waals surface area contributed by atoms with Crippen molar-refractivity contribution in [2.75, 3.05) is 0 Å². The lowest BCUT2D eigenvalue weighted by atomic mass is 9.66. The average Bonchev–Trinajstić information content (AvgIpc) is 2.69. The summed E-state index contributed by atoms with van der Waals surface area (Å²) in [6.45, 7) is 6.99. The molecule has 0 saturated heterocycles. The Morgan fingerprint density at radius 1 is 0.741 bits per heavy atom. The average molecular weight is 371 g/mol. The Morgan fingerprint density at radius 2 is 1.37 bits per heavy atom. The van der Waals surface area contributed by atoms with Crippen molar-refractivity contribution < 1.29 is 0 Å². The predicted molar refractivity (Wildman–Crippen MR) is 122 cm³/mol. The molecule has 27 heavy (non-hydrogen) atoms. The molecule has 0 spiro atoms. The molecular formula is C27H46. The van der Waals surface area contributed by atoms with Crippen LogP contribution in [0, 0.1) is 6.92 Å². The van der Waals surface area contributed by atoms with Gasteiger partial charge in [0.25, 0.3) is 0 Å². The predicted octanol–water partition coefficient (Wildman–Crippen LogP) is 9.07. The van der Waals surface area contributed by atoms with Crippen molar-refractivity contribution in [3.63, 3.8) is 0 Å². The molecule has 0 nitrogen and oxygen atoms in total. The van der Waals surface area contributed by atoms with E-state index in [2.05, 4.69) is 39.0 Å². The second-order valence-electron chi connectivity index (χ2n) is 9.31. The first-order valence-corrected chi connectivity index (χ1v) is 12.3. The molecule has 1 fully saturated rings. The van der Waals surface area contributed by atoms with Crippen molar-refractivity contribution in [3.8, 4) is 0 Å². The second kappa shape index (κ2) is 12.6. The molecule has 2 rings (SSSR count). The highest BCUT2D eigenvalue weighted by molar-refractivity contribution is 5.36. The van der Waals surface area contributed by atoms with Gasteiger partial charge in [0, 0.05) is 0 Å². The van der Waals surface area contributed by atoms with Crippen LogP contribution in [0.4, 0.5) is 0 Å². The van der Waals surface area contributed by atoms with Gasteiger partial charge in [-0.05, 0) is 61.1 Å². The number of hydrogen-bond donors (Lipinski definition) is 0. The normalized spacial score (nSPS) is 16.6. The van der Waals surface area contributed by atoms with E-state index in [0.29, 0.717) is 5.41 Å². The summed E-state index contributed by atoms with van der Waals surface area (Å²) in [5.74, 6) is 0. The van der Waals surface area contributed by atoms with E-state index in [1.165, 1.54) is 109 Å². The number of unbranched alkanes of at least 4 members (excludes halogenated alkanes) is 8. The zero-order valence-corrected chi connectivity index (χ0v) is 18.8. The Morgan fingerprint density at radius 3 is 2.04 bits per heavy atom. The van der Waals surface area contributed by atoms with Gasteiger partial charge in [-0.15, -0.1) is 0 Å². The Bertz CT molecular complexity index is 507. The van der Waals surface area contributed by atoms with E-state index in [9.17, 15) is 0 Å². The maximum Gasteiger partial charge on any atom is -0.00469 e. The summed E-state index contributed by atoms with van der Waals surface area (Å²) in [4.78, 5) is 0. The first-order valence-electron chi connectivity index (χ1n) is 12.3. The summed E-state index contributed by atoms with van der Waals surface area (Å²) in [6.07, 6.45) is 23.9. The fourth-order valence-electron chi connectivity index (χ4n) is 5.20. The lowest BCUT2D eigenvalue weighted by Gasteiger charge is -2.38. The minimum atomic E-state index is 0.496. The second-order valence-corrected chi connectivity index (χ2v) is 9.31. The molecule has 0 aliphatic heterocycles. The van der Waals surface area contributed by atoms with E-state index in [1.54, 1.807) is 16.7 Å². The van der Waals surface area contributed by atoms with Crippen LogP contribution in [0.3, 0.4) is 0 Å². The smallest absolute Gasteiger partial charge is 0.00469 e. The molecule has 0 heteroatoms. The van der Waals surface area contributed by atoms with Gasteiger partial charge >= 0.3 is 0 Å². The molecule has 0 bridgehead atoms. The van der Waals surface area contributed by atoms with Gasteiger partial charge in [-0.25, -0.2) is 0 Å². The number of hydrogen-bond acceptors (Lipinski definition) is 0. The summed E-state index contributed by atoms with van der Waals surface area (Å²) < 4.78 is 0. The van der Waals surface area contributed by atoms with Crippen molar-refractivity contribution >= 4 is 0 Å². The zero-order chi connectivity index (χ0) is 19.4. The molecule has 0 amide bonds. The molecule has 0 atom stereocenters. The standard InChI is InChI=1S/C27H46/c1-4-6-8-9-10-11-13-17-25-18-19-26(23-24(25)3)27(20-14-7-5-2)21-15-12-16-22-27/h18-19,23H,4-17,20-22H2,1-3H3. The van der Waals surface area contributed by atoms with Gasteiger partial charge in [0.1, 0.15) is 0 Å². The topological polar surface area (TPSA) is 0 Å². The van der Waals surface area contributed by atoms with E-state index < -0.39 is 0 Å². The van der Waals surface area contributed by atoms with Gasteiger partial charge in [-0.1, -0.05) is 109 Å². The van der Waals surface area contributed by atoms with Crippen molar-refractivity contribution in [2.45, 2.75) is 135 Å². The van der Waals surface area contributed by atoms with Crippen LogP contribution in [0.5, 0.6) is 0 Å². The molecule has 0 heterocycles. The van der Waals surface area contributed by atoms with Crippen LogP contribution in [-0.4, -0.2) is 0 Å². The van der Waals surface area contributed by atoms with Crippen molar-refractivity contribution in [1.82, 2.24) is 0 Å². The molecule has 1 aromatic rings. The van der Waals surface area contributed by atoms with Crippen molar-refractivity contribution in [3.05, 3.63) is 34.9 Å². The van der Waals surface area contributed by atoms with Gasteiger partial charge in [0.05, 0.1) is 0 Å². The molecule has 154 valence electrons. The molecule has 0 unspecified atom stereocenters. The van der Waals surface area contributed by atoms with Crippen molar-refractivity contribution in [1.29, 1.82) is 0 Å². The lowest BCUT2D eigenvalue weighted by Crippen LogP contribution is -2.29. The molecule has 1 aromatic carbocycles. The van der Waals surface area contributed by atoms with Gasteiger partial charge in [-0.2, -0.15) is 0 Å². The van der Waals surface area contributed by atoms with Crippen molar-refractivity contribution in [2.24, 2.45) is 0 Å². The summed E-state index contributed by atoms with van der Waals surface area (Å²) in [5, 5.41) is 0. The Labute approximate surface area is 170 Å². The van der Waals surface area contributed by atoms with Crippen LogP contribution in [-0.2, 0) is 11.8 Å². The van der Waals surface area contributed by atoms with E-state index in [1.807, 2.05) is 0 Å². The fourth-order valence-corrected chi connectivity index (χ4v) is 5.20. The van der Waals surface area contributed by atoms with E-state index in [-0.39, 0.29) is 0 Å². The summed E-state index contributed by atoms with van der Waals surface area (Å²) >= 11 is 0. The van der Waals surface area contributed by atoms with Crippen LogP contribution in [0.1, 0.15) is 133 Å². The summed E-state index contributed by atoms with van der Waals surface area (Å²) in [5.41, 5.74) is 5.32. The molecule has 1 aliphatic carbocycles. The number of rotatable bonds is 13. The third-order valence-corrected chi connectivity index (χ3v) is 7.07. The van der Waals surface area contributed by atoms with E-state index in [0.717, 1.165) is 0 Å². The molecule has 0 radical (unpaired) electrons. The first-order chi connectivity index (χ1) is 13.2. The summed E-state index contributed by atoms with van der Waals surface area (Å²) in [7, 11) is 0. The molecule has 0 aromatic heterocycles. The minimum absolute atomic E-state index is 0.496.